The highest BCUT2D eigenvalue weighted by atomic mass is 16.5. The van der Waals surface area contributed by atoms with Crippen LogP contribution in [-0.4, -0.2) is 55.0 Å². The average Bonchev–Trinajstić information content (AvgIpc) is 3.44. The van der Waals surface area contributed by atoms with Crippen molar-refractivity contribution in [1.82, 2.24) is 10.6 Å². The summed E-state index contributed by atoms with van der Waals surface area (Å²) in [4.78, 5) is 36.0. The average molecular weight is 438 g/mol. The normalized spacial score (nSPS) is 16.4. The van der Waals surface area contributed by atoms with E-state index in [1.54, 1.807) is 0 Å². The van der Waals surface area contributed by atoms with Gasteiger partial charge in [-0.25, -0.2) is 9.59 Å². The number of carboxylic acids is 1. The monoisotopic (exact) mass is 438 g/mol. The molecule has 0 aromatic heterocycles. The lowest BCUT2D eigenvalue weighted by Gasteiger charge is -2.20. The number of hydrogen-bond acceptors (Lipinski definition) is 5. The molecule has 0 unspecified atom stereocenters. The number of carbonyl (C=O) groups is 3. The van der Waals surface area contributed by atoms with E-state index in [1.807, 2.05) is 36.4 Å². The quantitative estimate of drug-likeness (QED) is 0.555. The molecule has 1 saturated carbocycles. The number of carboxylic acid groups (broad SMARTS) is 1. The van der Waals surface area contributed by atoms with Gasteiger partial charge in [0.15, 0.2) is 6.04 Å². The molecule has 0 saturated heterocycles. The van der Waals surface area contributed by atoms with E-state index in [0.29, 0.717) is 12.8 Å². The SMILES string of the molecule is COC[C@H](NC(=O)CC1(NC(=O)OCC2c3ccccc3-c3ccccc32)CC1)C(=O)O. The molecule has 2 aromatic carbocycles. The number of benzene rings is 2. The van der Waals surface area contributed by atoms with Gasteiger partial charge in [-0.1, -0.05) is 48.5 Å². The fourth-order valence-electron chi connectivity index (χ4n) is 4.24. The molecule has 8 heteroatoms. The van der Waals surface area contributed by atoms with Crippen molar-refractivity contribution in [2.75, 3.05) is 20.3 Å². The molecule has 2 aliphatic rings. The third-order valence-corrected chi connectivity index (χ3v) is 6.03. The van der Waals surface area contributed by atoms with Crippen molar-refractivity contribution in [3.63, 3.8) is 0 Å². The van der Waals surface area contributed by atoms with Crippen LogP contribution in [0.25, 0.3) is 11.1 Å². The van der Waals surface area contributed by atoms with Crippen molar-refractivity contribution >= 4 is 18.0 Å². The Labute approximate surface area is 185 Å². The summed E-state index contributed by atoms with van der Waals surface area (Å²) in [5.41, 5.74) is 3.86. The molecule has 0 bridgehead atoms. The summed E-state index contributed by atoms with van der Waals surface area (Å²) in [6.45, 7) is 0.0605. The van der Waals surface area contributed by atoms with E-state index in [9.17, 15) is 14.4 Å². The number of carbonyl (C=O) groups excluding carboxylic acids is 2. The molecule has 0 radical (unpaired) electrons. The predicted molar refractivity (Wildman–Crippen MR) is 116 cm³/mol. The van der Waals surface area contributed by atoms with E-state index >= 15 is 0 Å². The van der Waals surface area contributed by atoms with E-state index in [4.69, 9.17) is 14.6 Å². The smallest absolute Gasteiger partial charge is 0.407 e. The highest BCUT2D eigenvalue weighted by molar-refractivity contribution is 5.85. The van der Waals surface area contributed by atoms with Gasteiger partial charge in [0.05, 0.1) is 12.1 Å². The number of aliphatic carboxylic acids is 1. The van der Waals surface area contributed by atoms with Crippen LogP contribution in [0.4, 0.5) is 4.79 Å². The number of nitrogens with one attached hydrogen (secondary N) is 2. The summed E-state index contributed by atoms with van der Waals surface area (Å²) >= 11 is 0. The lowest BCUT2D eigenvalue weighted by molar-refractivity contribution is -0.143. The molecular weight excluding hydrogens is 412 g/mol. The van der Waals surface area contributed by atoms with E-state index < -0.39 is 29.6 Å². The van der Waals surface area contributed by atoms with Gasteiger partial charge >= 0.3 is 12.1 Å². The van der Waals surface area contributed by atoms with Crippen LogP contribution in [0.2, 0.25) is 0 Å². The predicted octanol–water partition coefficient (Wildman–Crippen LogP) is 2.66. The zero-order valence-corrected chi connectivity index (χ0v) is 17.8. The van der Waals surface area contributed by atoms with Crippen LogP contribution in [0.3, 0.4) is 0 Å². The minimum absolute atomic E-state index is 0.00924. The van der Waals surface area contributed by atoms with Gasteiger partial charge in [0.2, 0.25) is 5.91 Å². The van der Waals surface area contributed by atoms with E-state index in [-0.39, 0.29) is 25.6 Å². The number of alkyl carbamates (subject to hydrolysis) is 1. The summed E-state index contributed by atoms with van der Waals surface area (Å²) in [7, 11) is 1.36. The van der Waals surface area contributed by atoms with Crippen molar-refractivity contribution in [1.29, 1.82) is 0 Å². The zero-order valence-electron chi connectivity index (χ0n) is 17.8. The van der Waals surface area contributed by atoms with Crippen molar-refractivity contribution in [2.45, 2.75) is 36.8 Å². The number of hydrogen-bond donors (Lipinski definition) is 3. The lowest BCUT2D eigenvalue weighted by atomic mass is 9.98. The third kappa shape index (κ3) is 4.60. The van der Waals surface area contributed by atoms with Crippen LogP contribution in [0, 0.1) is 0 Å². The van der Waals surface area contributed by atoms with E-state index in [2.05, 4.69) is 22.8 Å². The van der Waals surface area contributed by atoms with Crippen LogP contribution < -0.4 is 10.6 Å². The maximum absolute atomic E-state index is 12.5. The first kappa shape index (κ1) is 21.8. The number of methoxy groups -OCH3 is 1. The minimum Gasteiger partial charge on any atom is -0.480 e. The molecule has 2 aromatic rings. The van der Waals surface area contributed by atoms with Crippen molar-refractivity contribution in [3.8, 4) is 11.1 Å². The van der Waals surface area contributed by atoms with E-state index in [1.165, 1.54) is 7.11 Å². The molecular formula is C24H26N2O6. The Balaban J connectivity index is 1.34. The Morgan fingerprint density at radius 3 is 2.19 bits per heavy atom. The van der Waals surface area contributed by atoms with Crippen LogP contribution in [-0.2, 0) is 19.1 Å². The molecule has 32 heavy (non-hydrogen) atoms. The summed E-state index contributed by atoms with van der Waals surface area (Å²) in [6, 6.07) is 15.1. The van der Waals surface area contributed by atoms with Crippen LogP contribution >= 0.6 is 0 Å². The standard InChI is InChI=1S/C24H26N2O6/c1-31-14-20(22(28)29)25-21(27)12-24(10-11-24)26-23(30)32-13-19-17-8-4-2-6-15(17)16-7-3-5-9-18(16)19/h2-9,19-20H,10-14H2,1H3,(H,25,27)(H,26,30)(H,28,29)/t20-/m0/s1. The highest BCUT2D eigenvalue weighted by Crippen LogP contribution is 2.44. The maximum Gasteiger partial charge on any atom is 0.407 e. The number of fused-ring (bicyclic) bond motifs is 3. The Bertz CT molecular complexity index is 987. The van der Waals surface area contributed by atoms with Gasteiger partial charge in [-0.3, -0.25) is 4.79 Å². The van der Waals surface area contributed by atoms with E-state index in [0.717, 1.165) is 22.3 Å². The lowest BCUT2D eigenvalue weighted by Crippen LogP contribution is -2.47. The summed E-state index contributed by atoms with van der Waals surface area (Å²) in [6.07, 6.45) is 0.674. The topological polar surface area (TPSA) is 114 Å². The van der Waals surface area contributed by atoms with Gasteiger partial charge in [-0.2, -0.15) is 0 Å². The van der Waals surface area contributed by atoms with Crippen LogP contribution in [0.15, 0.2) is 48.5 Å². The molecule has 2 amide bonds. The molecule has 1 fully saturated rings. The van der Waals surface area contributed by atoms with Gasteiger partial charge in [0.1, 0.15) is 6.61 Å². The molecule has 4 rings (SSSR count). The molecule has 8 nitrogen and oxygen atoms in total. The molecule has 168 valence electrons. The summed E-state index contributed by atoms with van der Waals surface area (Å²) in [5, 5.41) is 14.4. The van der Waals surface area contributed by atoms with Gasteiger partial charge in [0, 0.05) is 19.4 Å². The Kier molecular flexibility index (Phi) is 6.14. The van der Waals surface area contributed by atoms with Gasteiger partial charge in [-0.05, 0) is 35.1 Å². The first-order chi connectivity index (χ1) is 15.4. The summed E-state index contributed by atoms with van der Waals surface area (Å²) in [5.74, 6) is -1.67. The minimum atomic E-state index is -1.17. The highest BCUT2D eigenvalue weighted by Gasteiger charge is 2.46. The zero-order chi connectivity index (χ0) is 22.7. The first-order valence-corrected chi connectivity index (χ1v) is 10.6. The number of rotatable bonds is 9. The number of ether oxygens (including phenoxy) is 2. The molecule has 0 spiro atoms. The second kappa shape index (κ2) is 9.00. The van der Waals surface area contributed by atoms with Crippen LogP contribution in [0.5, 0.6) is 0 Å². The second-order valence-electron chi connectivity index (χ2n) is 8.32. The molecule has 3 N–H and O–H groups in total. The molecule has 0 aliphatic heterocycles. The molecule has 1 atom stereocenters. The first-order valence-electron chi connectivity index (χ1n) is 10.6. The number of amides is 2. The Morgan fingerprint density at radius 2 is 1.66 bits per heavy atom. The molecule has 0 heterocycles. The molecule has 2 aliphatic carbocycles. The van der Waals surface area contributed by atoms with Crippen molar-refractivity contribution in [3.05, 3.63) is 59.7 Å². The second-order valence-corrected chi connectivity index (χ2v) is 8.32. The Hall–Kier alpha value is -3.39. The van der Waals surface area contributed by atoms with Crippen LogP contribution in [0.1, 0.15) is 36.3 Å². The van der Waals surface area contributed by atoms with Gasteiger partial charge in [0.25, 0.3) is 0 Å². The van der Waals surface area contributed by atoms with Gasteiger partial charge in [-0.15, -0.1) is 0 Å². The largest absolute Gasteiger partial charge is 0.480 e. The fourth-order valence-corrected chi connectivity index (χ4v) is 4.24. The summed E-state index contributed by atoms with van der Waals surface area (Å²) < 4.78 is 10.4. The Morgan fingerprint density at radius 1 is 1.06 bits per heavy atom. The van der Waals surface area contributed by atoms with Crippen molar-refractivity contribution < 1.29 is 29.0 Å². The third-order valence-electron chi connectivity index (χ3n) is 6.03. The van der Waals surface area contributed by atoms with Gasteiger partial charge < -0.3 is 25.2 Å². The fraction of sp³-hybridized carbons (Fsp3) is 0.375. The van der Waals surface area contributed by atoms with Crippen molar-refractivity contribution in [2.24, 2.45) is 0 Å². The maximum atomic E-state index is 12.5.